The standard InChI is InChI=1S/C28H20Cl2N2O5/c29-14-9-10-20(19(30)11-14)31-21(33)13-37-22(34)12-32-27(35)25-23-15-5-1-2-6-16(15)24(26(25)28(32)36)18-8-4-3-7-17(18)23/h1-11,23-26H,12-13H2,(H,31,33)/t23?,24?,25-,26-/m1/s1. The Balaban J connectivity index is 1.18. The van der Waals surface area contributed by atoms with Gasteiger partial charge in [0, 0.05) is 16.9 Å². The molecule has 1 heterocycles. The fourth-order valence-electron chi connectivity index (χ4n) is 5.99. The van der Waals surface area contributed by atoms with Crippen molar-refractivity contribution in [3.05, 3.63) is 99.0 Å². The van der Waals surface area contributed by atoms with Crippen LogP contribution in [0.2, 0.25) is 10.0 Å². The molecule has 186 valence electrons. The Morgan fingerprint density at radius 3 is 1.81 bits per heavy atom. The largest absolute Gasteiger partial charge is 0.454 e. The van der Waals surface area contributed by atoms with E-state index >= 15 is 0 Å². The molecule has 3 aromatic carbocycles. The lowest BCUT2D eigenvalue weighted by molar-refractivity contribution is -0.154. The van der Waals surface area contributed by atoms with Gasteiger partial charge in [0.05, 0.1) is 22.5 Å². The molecule has 0 spiro atoms. The highest BCUT2D eigenvalue weighted by Gasteiger charge is 2.61. The van der Waals surface area contributed by atoms with Crippen LogP contribution in [0.5, 0.6) is 0 Å². The third-order valence-corrected chi connectivity index (χ3v) is 7.94. The summed E-state index contributed by atoms with van der Waals surface area (Å²) in [5.74, 6) is -3.90. The summed E-state index contributed by atoms with van der Waals surface area (Å²) >= 11 is 11.9. The van der Waals surface area contributed by atoms with Crippen LogP contribution in [0.3, 0.4) is 0 Å². The Labute approximate surface area is 222 Å². The molecule has 0 unspecified atom stereocenters. The molecule has 2 bridgehead atoms. The Morgan fingerprint density at radius 1 is 0.811 bits per heavy atom. The van der Waals surface area contributed by atoms with Crippen LogP contribution in [-0.2, 0) is 23.9 Å². The number of nitrogens with zero attached hydrogens (tertiary/aromatic N) is 1. The zero-order chi connectivity index (χ0) is 25.8. The lowest BCUT2D eigenvalue weighted by atomic mass is 9.55. The van der Waals surface area contributed by atoms with E-state index in [2.05, 4.69) is 5.32 Å². The minimum Gasteiger partial charge on any atom is -0.454 e. The third-order valence-electron chi connectivity index (χ3n) is 7.40. The Morgan fingerprint density at radius 2 is 1.32 bits per heavy atom. The Kier molecular flexibility index (Phi) is 5.77. The van der Waals surface area contributed by atoms with Crippen molar-refractivity contribution >= 4 is 52.6 Å². The Bertz CT molecular complexity index is 1370. The summed E-state index contributed by atoms with van der Waals surface area (Å²) < 4.78 is 5.08. The van der Waals surface area contributed by atoms with Crippen LogP contribution >= 0.6 is 23.2 Å². The van der Waals surface area contributed by atoms with Gasteiger partial charge in [-0.15, -0.1) is 0 Å². The molecular weight excluding hydrogens is 515 g/mol. The SMILES string of the molecule is O=C(COC(=O)CN1C(=O)[C@@H]2C3c4ccccc4C(c4ccccc43)[C@H]2C1=O)Nc1ccc(Cl)cc1Cl. The van der Waals surface area contributed by atoms with E-state index in [1.165, 1.54) is 12.1 Å². The number of rotatable bonds is 5. The number of imide groups is 1. The molecule has 4 aliphatic rings. The summed E-state index contributed by atoms with van der Waals surface area (Å²) in [5, 5.41) is 3.18. The molecule has 1 fully saturated rings. The van der Waals surface area contributed by atoms with E-state index < -0.39 is 36.9 Å². The number of anilines is 1. The van der Waals surface area contributed by atoms with Crippen molar-refractivity contribution in [2.75, 3.05) is 18.5 Å². The van der Waals surface area contributed by atoms with Crippen molar-refractivity contribution in [1.29, 1.82) is 0 Å². The van der Waals surface area contributed by atoms with Gasteiger partial charge < -0.3 is 10.1 Å². The van der Waals surface area contributed by atoms with Gasteiger partial charge in [0.15, 0.2) is 6.61 Å². The molecule has 1 aliphatic heterocycles. The van der Waals surface area contributed by atoms with Crippen LogP contribution in [0, 0.1) is 11.8 Å². The minimum atomic E-state index is -0.847. The predicted molar refractivity (Wildman–Crippen MR) is 136 cm³/mol. The lowest BCUT2D eigenvalue weighted by Gasteiger charge is -2.45. The molecule has 7 rings (SSSR count). The topological polar surface area (TPSA) is 92.8 Å². The number of esters is 1. The number of benzene rings is 3. The second-order valence-electron chi connectivity index (χ2n) is 9.36. The molecule has 0 aromatic heterocycles. The van der Waals surface area contributed by atoms with E-state index in [0.29, 0.717) is 10.7 Å². The van der Waals surface area contributed by atoms with Crippen LogP contribution in [0.25, 0.3) is 0 Å². The van der Waals surface area contributed by atoms with Crippen LogP contribution < -0.4 is 5.32 Å². The average Bonchev–Trinajstić information content (AvgIpc) is 3.14. The summed E-state index contributed by atoms with van der Waals surface area (Å²) in [6.45, 7) is -1.14. The molecule has 7 nitrogen and oxygen atoms in total. The lowest BCUT2D eigenvalue weighted by Crippen LogP contribution is -2.41. The Hall–Kier alpha value is -3.68. The van der Waals surface area contributed by atoms with E-state index in [4.69, 9.17) is 27.9 Å². The molecule has 0 saturated carbocycles. The molecule has 37 heavy (non-hydrogen) atoms. The number of hydrogen-bond donors (Lipinski definition) is 1. The van der Waals surface area contributed by atoms with Crippen LogP contribution in [-0.4, -0.2) is 41.7 Å². The van der Waals surface area contributed by atoms with Crippen molar-refractivity contribution in [3.63, 3.8) is 0 Å². The third kappa shape index (κ3) is 3.81. The number of hydrogen-bond acceptors (Lipinski definition) is 5. The number of likely N-dealkylation sites (tertiary alicyclic amines) is 1. The molecule has 2 atom stereocenters. The maximum Gasteiger partial charge on any atom is 0.326 e. The van der Waals surface area contributed by atoms with Crippen LogP contribution in [0.1, 0.15) is 34.1 Å². The van der Waals surface area contributed by atoms with Gasteiger partial charge in [-0.05, 0) is 40.5 Å². The normalized spacial score (nSPS) is 22.8. The van der Waals surface area contributed by atoms with Gasteiger partial charge in [0.2, 0.25) is 11.8 Å². The molecule has 1 N–H and O–H groups in total. The van der Waals surface area contributed by atoms with Gasteiger partial charge in [-0.3, -0.25) is 24.1 Å². The second kappa shape index (κ2) is 9.01. The van der Waals surface area contributed by atoms with Crippen LogP contribution in [0.4, 0.5) is 5.69 Å². The van der Waals surface area contributed by atoms with Crippen molar-refractivity contribution in [1.82, 2.24) is 4.90 Å². The summed E-state index contributed by atoms with van der Waals surface area (Å²) in [6, 6.07) is 20.4. The molecule has 3 aliphatic carbocycles. The maximum absolute atomic E-state index is 13.5. The number of ether oxygens (including phenoxy) is 1. The quantitative estimate of drug-likeness (QED) is 0.387. The summed E-state index contributed by atoms with van der Waals surface area (Å²) in [4.78, 5) is 52.9. The zero-order valence-electron chi connectivity index (χ0n) is 19.3. The first kappa shape index (κ1) is 23.7. The molecule has 3 aromatic rings. The van der Waals surface area contributed by atoms with Gasteiger partial charge in [-0.25, -0.2) is 0 Å². The van der Waals surface area contributed by atoms with E-state index in [1.807, 2.05) is 48.5 Å². The highest BCUT2D eigenvalue weighted by atomic mass is 35.5. The van der Waals surface area contributed by atoms with Crippen molar-refractivity contribution < 1.29 is 23.9 Å². The molecule has 1 saturated heterocycles. The van der Waals surface area contributed by atoms with Gasteiger partial charge in [0.1, 0.15) is 6.54 Å². The number of nitrogens with one attached hydrogen (secondary N) is 1. The monoisotopic (exact) mass is 534 g/mol. The number of carbonyl (C=O) groups is 4. The first-order valence-electron chi connectivity index (χ1n) is 11.8. The van der Waals surface area contributed by atoms with Crippen molar-refractivity contribution in [3.8, 4) is 0 Å². The van der Waals surface area contributed by atoms with Gasteiger partial charge in [-0.2, -0.15) is 0 Å². The number of carbonyl (C=O) groups excluding carboxylic acids is 4. The van der Waals surface area contributed by atoms with E-state index in [9.17, 15) is 19.2 Å². The predicted octanol–water partition coefficient (Wildman–Crippen LogP) is 4.37. The minimum absolute atomic E-state index is 0.236. The fraction of sp³-hybridized carbons (Fsp3) is 0.214. The summed E-state index contributed by atoms with van der Waals surface area (Å²) in [6.07, 6.45) is 0. The van der Waals surface area contributed by atoms with Crippen molar-refractivity contribution in [2.24, 2.45) is 11.8 Å². The summed E-state index contributed by atoms with van der Waals surface area (Å²) in [7, 11) is 0. The molecule has 3 amide bonds. The molecule has 0 radical (unpaired) electrons. The van der Waals surface area contributed by atoms with Gasteiger partial charge in [-0.1, -0.05) is 71.7 Å². The fourth-order valence-corrected chi connectivity index (χ4v) is 6.45. The zero-order valence-corrected chi connectivity index (χ0v) is 20.8. The number of halogens is 2. The first-order chi connectivity index (χ1) is 17.8. The highest BCUT2D eigenvalue weighted by molar-refractivity contribution is 6.36. The highest BCUT2D eigenvalue weighted by Crippen LogP contribution is 2.60. The molecule has 9 heteroatoms. The maximum atomic E-state index is 13.5. The summed E-state index contributed by atoms with van der Waals surface area (Å²) in [5.41, 5.74) is 4.52. The van der Waals surface area contributed by atoms with Gasteiger partial charge >= 0.3 is 5.97 Å². The second-order valence-corrected chi connectivity index (χ2v) is 10.2. The van der Waals surface area contributed by atoms with E-state index in [0.717, 1.165) is 27.2 Å². The van der Waals surface area contributed by atoms with Crippen LogP contribution in [0.15, 0.2) is 66.7 Å². The van der Waals surface area contributed by atoms with Gasteiger partial charge in [0.25, 0.3) is 5.91 Å². The smallest absolute Gasteiger partial charge is 0.326 e. The van der Waals surface area contributed by atoms with Crippen molar-refractivity contribution in [2.45, 2.75) is 11.8 Å². The van der Waals surface area contributed by atoms with E-state index in [1.54, 1.807) is 6.07 Å². The molecular formula is C28H20Cl2N2O5. The average molecular weight is 535 g/mol. The first-order valence-corrected chi connectivity index (χ1v) is 12.5. The number of amides is 3. The van der Waals surface area contributed by atoms with E-state index in [-0.39, 0.29) is 28.7 Å².